The van der Waals surface area contributed by atoms with Crippen LogP contribution in [0, 0.1) is 0 Å². The van der Waals surface area contributed by atoms with Crippen LogP contribution in [0.15, 0.2) is 104 Å². The van der Waals surface area contributed by atoms with Crippen LogP contribution in [0.2, 0.25) is 0 Å². The summed E-state index contributed by atoms with van der Waals surface area (Å²) < 4.78 is 0. The SMILES string of the molecule is C=C/C=C(\C=C/C)c1cccc(-c2ccc3ccc4cccc5ccc2c3c45)n1. The fraction of sp³-hybridized carbons (Fsp3) is 0.0357. The van der Waals surface area contributed by atoms with Crippen molar-refractivity contribution in [2.75, 3.05) is 0 Å². The largest absolute Gasteiger partial charge is 0.248 e. The second kappa shape index (κ2) is 7.03. The Morgan fingerprint density at radius 3 is 2.24 bits per heavy atom. The number of hydrogen-bond donors (Lipinski definition) is 0. The lowest BCUT2D eigenvalue weighted by Crippen LogP contribution is -1.92. The van der Waals surface area contributed by atoms with E-state index >= 15 is 0 Å². The molecule has 1 heteroatoms. The zero-order valence-electron chi connectivity index (χ0n) is 16.4. The lowest BCUT2D eigenvalue weighted by Gasteiger charge is -2.14. The van der Waals surface area contributed by atoms with Crippen molar-refractivity contribution in [1.29, 1.82) is 0 Å². The van der Waals surface area contributed by atoms with E-state index in [4.69, 9.17) is 4.98 Å². The molecule has 29 heavy (non-hydrogen) atoms. The minimum atomic E-state index is 0.950. The Kier molecular flexibility index (Phi) is 4.22. The third-order valence-electron chi connectivity index (χ3n) is 5.49. The summed E-state index contributed by atoms with van der Waals surface area (Å²) >= 11 is 0. The molecule has 0 saturated heterocycles. The summed E-state index contributed by atoms with van der Waals surface area (Å²) in [4.78, 5) is 5.00. The fourth-order valence-electron chi connectivity index (χ4n) is 4.24. The van der Waals surface area contributed by atoms with Gasteiger partial charge in [0.25, 0.3) is 0 Å². The van der Waals surface area contributed by atoms with E-state index in [9.17, 15) is 0 Å². The van der Waals surface area contributed by atoms with E-state index in [2.05, 4.69) is 85.5 Å². The summed E-state index contributed by atoms with van der Waals surface area (Å²) in [6.07, 6.45) is 7.90. The Hall–Kier alpha value is -3.71. The summed E-state index contributed by atoms with van der Waals surface area (Å²) in [7, 11) is 0. The van der Waals surface area contributed by atoms with E-state index in [0.29, 0.717) is 0 Å². The van der Waals surface area contributed by atoms with Crippen LogP contribution in [0.5, 0.6) is 0 Å². The Bertz CT molecular complexity index is 1400. The van der Waals surface area contributed by atoms with E-state index in [-0.39, 0.29) is 0 Å². The van der Waals surface area contributed by atoms with Crippen molar-refractivity contribution in [2.45, 2.75) is 6.92 Å². The van der Waals surface area contributed by atoms with Gasteiger partial charge in [-0.2, -0.15) is 0 Å². The van der Waals surface area contributed by atoms with Gasteiger partial charge in [0.15, 0.2) is 0 Å². The Morgan fingerprint density at radius 1 is 0.793 bits per heavy atom. The third kappa shape index (κ3) is 2.83. The van der Waals surface area contributed by atoms with Crippen molar-refractivity contribution in [2.24, 2.45) is 0 Å². The first-order valence-electron chi connectivity index (χ1n) is 9.90. The number of pyridine rings is 1. The molecule has 0 saturated carbocycles. The van der Waals surface area contributed by atoms with E-state index in [0.717, 1.165) is 22.5 Å². The maximum atomic E-state index is 5.00. The zero-order valence-corrected chi connectivity index (χ0v) is 16.4. The highest BCUT2D eigenvalue weighted by Gasteiger charge is 2.13. The molecule has 5 aromatic rings. The van der Waals surface area contributed by atoms with Crippen LogP contribution < -0.4 is 0 Å². The Balaban J connectivity index is 1.79. The molecule has 0 N–H and O–H groups in total. The first-order chi connectivity index (χ1) is 14.3. The van der Waals surface area contributed by atoms with Gasteiger partial charge in [-0.05, 0) is 56.9 Å². The van der Waals surface area contributed by atoms with Crippen molar-refractivity contribution in [3.8, 4) is 11.3 Å². The summed E-state index contributed by atoms with van der Waals surface area (Å²) in [5.74, 6) is 0. The van der Waals surface area contributed by atoms with Gasteiger partial charge in [0.2, 0.25) is 0 Å². The smallest absolute Gasteiger partial charge is 0.0715 e. The molecule has 1 heterocycles. The van der Waals surface area contributed by atoms with Crippen molar-refractivity contribution >= 4 is 37.9 Å². The number of aromatic nitrogens is 1. The number of benzene rings is 4. The highest BCUT2D eigenvalue weighted by molar-refractivity contribution is 6.25. The van der Waals surface area contributed by atoms with Gasteiger partial charge in [0.1, 0.15) is 0 Å². The normalized spacial score (nSPS) is 12.5. The molecule has 4 aromatic carbocycles. The second-order valence-corrected chi connectivity index (χ2v) is 7.23. The number of rotatable bonds is 4. The highest BCUT2D eigenvalue weighted by Crippen LogP contribution is 2.38. The summed E-state index contributed by atoms with van der Waals surface area (Å²) in [5.41, 5.74) is 4.16. The van der Waals surface area contributed by atoms with Gasteiger partial charge in [-0.1, -0.05) is 91.5 Å². The number of allylic oxidation sites excluding steroid dienone is 5. The van der Waals surface area contributed by atoms with Crippen LogP contribution in [0.25, 0.3) is 49.1 Å². The molecule has 0 amide bonds. The van der Waals surface area contributed by atoms with Crippen LogP contribution in [0.3, 0.4) is 0 Å². The summed E-state index contributed by atoms with van der Waals surface area (Å²) in [5, 5.41) is 7.73. The van der Waals surface area contributed by atoms with E-state index in [1.54, 1.807) is 6.08 Å². The molecule has 1 nitrogen and oxygen atoms in total. The minimum absolute atomic E-state index is 0.950. The van der Waals surface area contributed by atoms with E-state index < -0.39 is 0 Å². The van der Waals surface area contributed by atoms with Crippen LogP contribution in [-0.2, 0) is 0 Å². The molecule has 5 rings (SSSR count). The Morgan fingerprint density at radius 2 is 1.48 bits per heavy atom. The van der Waals surface area contributed by atoms with Gasteiger partial charge in [0.05, 0.1) is 11.4 Å². The van der Waals surface area contributed by atoms with E-state index in [1.165, 1.54) is 32.3 Å². The fourth-order valence-corrected chi connectivity index (χ4v) is 4.24. The maximum absolute atomic E-state index is 5.00. The van der Waals surface area contributed by atoms with Crippen LogP contribution in [-0.4, -0.2) is 4.98 Å². The van der Waals surface area contributed by atoms with E-state index in [1.807, 2.05) is 19.1 Å². The number of hydrogen-bond acceptors (Lipinski definition) is 1. The summed E-state index contributed by atoms with van der Waals surface area (Å²) in [6.45, 7) is 5.85. The predicted octanol–water partition coefficient (Wildman–Crippen LogP) is 7.79. The van der Waals surface area contributed by atoms with Crippen LogP contribution in [0.1, 0.15) is 12.6 Å². The maximum Gasteiger partial charge on any atom is 0.0715 e. The topological polar surface area (TPSA) is 12.9 Å². The molecule has 0 bridgehead atoms. The molecule has 0 aliphatic carbocycles. The van der Waals surface area contributed by atoms with Gasteiger partial charge in [-0.3, -0.25) is 0 Å². The molecule has 0 aliphatic rings. The minimum Gasteiger partial charge on any atom is -0.248 e. The molecule has 0 atom stereocenters. The molecular weight excluding hydrogens is 350 g/mol. The van der Waals surface area contributed by atoms with Gasteiger partial charge < -0.3 is 0 Å². The summed E-state index contributed by atoms with van der Waals surface area (Å²) in [6, 6.07) is 26.0. The molecule has 0 spiro atoms. The van der Waals surface area contributed by atoms with Gasteiger partial charge in [-0.15, -0.1) is 0 Å². The molecule has 1 aromatic heterocycles. The average Bonchev–Trinajstić information content (AvgIpc) is 2.77. The average molecular weight is 371 g/mol. The zero-order chi connectivity index (χ0) is 19.8. The highest BCUT2D eigenvalue weighted by atomic mass is 14.7. The molecular formula is C28H21N. The third-order valence-corrected chi connectivity index (χ3v) is 5.49. The number of nitrogens with zero attached hydrogens (tertiary/aromatic N) is 1. The van der Waals surface area contributed by atoms with Crippen molar-refractivity contribution in [3.63, 3.8) is 0 Å². The lowest BCUT2D eigenvalue weighted by atomic mass is 9.91. The van der Waals surface area contributed by atoms with Gasteiger partial charge in [-0.25, -0.2) is 4.98 Å². The van der Waals surface area contributed by atoms with Gasteiger partial charge in [0, 0.05) is 5.56 Å². The predicted molar refractivity (Wildman–Crippen MR) is 126 cm³/mol. The first kappa shape index (κ1) is 17.4. The molecule has 0 unspecified atom stereocenters. The molecule has 0 fully saturated rings. The van der Waals surface area contributed by atoms with Crippen LogP contribution >= 0.6 is 0 Å². The lowest BCUT2D eigenvalue weighted by molar-refractivity contribution is 1.28. The van der Waals surface area contributed by atoms with Crippen molar-refractivity contribution < 1.29 is 0 Å². The van der Waals surface area contributed by atoms with Crippen LogP contribution in [0.4, 0.5) is 0 Å². The monoisotopic (exact) mass is 371 g/mol. The Labute approximate surface area is 170 Å². The molecule has 0 aliphatic heterocycles. The molecule has 0 radical (unpaired) electrons. The first-order valence-corrected chi connectivity index (χ1v) is 9.90. The van der Waals surface area contributed by atoms with Crippen molar-refractivity contribution in [3.05, 3.63) is 109 Å². The quantitative estimate of drug-likeness (QED) is 0.232. The van der Waals surface area contributed by atoms with Crippen molar-refractivity contribution in [1.82, 2.24) is 4.98 Å². The molecule has 138 valence electrons. The second-order valence-electron chi connectivity index (χ2n) is 7.23. The van der Waals surface area contributed by atoms with Gasteiger partial charge >= 0.3 is 0 Å². The standard InChI is InChI=1S/C28H21N/c1-3-7-19(8-4-2)25-11-6-12-26(29-25)23-17-15-22-14-13-20-9-5-10-21-16-18-24(23)28(22)27(20)21/h3-18H,1H2,2H3/b8-4-,19-7+.